The van der Waals surface area contributed by atoms with Gasteiger partial charge in [0.2, 0.25) is 10.0 Å². The maximum atomic E-state index is 12.0. The monoisotopic (exact) mass is 290 g/mol. The lowest BCUT2D eigenvalue weighted by atomic mass is 10.1. The molecule has 2 rings (SSSR count). The number of hydrogen-bond acceptors (Lipinski definition) is 4. The van der Waals surface area contributed by atoms with E-state index in [9.17, 15) is 8.42 Å². The molecule has 1 unspecified atom stereocenters. The van der Waals surface area contributed by atoms with Gasteiger partial charge in [-0.05, 0) is 19.1 Å². The molecule has 7 heteroatoms. The smallest absolute Gasteiger partial charge is 0.240 e. The molecule has 3 N–H and O–H groups in total. The number of halogens is 1. The average molecular weight is 291 g/mol. The number of benzene rings is 1. The minimum atomic E-state index is -3.55. The van der Waals surface area contributed by atoms with E-state index in [1.54, 1.807) is 6.07 Å². The van der Waals surface area contributed by atoms with Gasteiger partial charge in [-0.15, -0.1) is 0 Å². The van der Waals surface area contributed by atoms with Gasteiger partial charge >= 0.3 is 0 Å². The zero-order valence-electron chi connectivity index (χ0n) is 9.94. The molecule has 18 heavy (non-hydrogen) atoms. The molecule has 0 bridgehead atoms. The van der Waals surface area contributed by atoms with Crippen LogP contribution in [-0.4, -0.2) is 27.6 Å². The molecule has 1 heterocycles. The Kier molecular flexibility index (Phi) is 3.82. The third kappa shape index (κ3) is 2.61. The van der Waals surface area contributed by atoms with Crippen LogP contribution in [0.5, 0.6) is 5.75 Å². The highest BCUT2D eigenvalue weighted by molar-refractivity contribution is 7.89. The molecule has 1 aliphatic rings. The van der Waals surface area contributed by atoms with E-state index in [0.29, 0.717) is 17.2 Å². The van der Waals surface area contributed by atoms with Crippen molar-refractivity contribution in [2.24, 2.45) is 5.73 Å². The lowest BCUT2D eigenvalue weighted by Gasteiger charge is -2.09. The Morgan fingerprint density at radius 3 is 2.94 bits per heavy atom. The second-order valence-electron chi connectivity index (χ2n) is 4.21. The van der Waals surface area contributed by atoms with Gasteiger partial charge in [-0.2, -0.15) is 0 Å². The molecule has 0 radical (unpaired) electrons. The summed E-state index contributed by atoms with van der Waals surface area (Å²) >= 11 is 6.04. The summed E-state index contributed by atoms with van der Waals surface area (Å²) in [5.74, 6) is 0.585. The maximum Gasteiger partial charge on any atom is 0.240 e. The maximum absolute atomic E-state index is 12.0. The predicted octanol–water partition coefficient (Wildman–Crippen LogP) is 0.900. The van der Waals surface area contributed by atoms with E-state index >= 15 is 0 Å². The van der Waals surface area contributed by atoms with Crippen LogP contribution in [0.25, 0.3) is 0 Å². The Morgan fingerprint density at radius 2 is 2.28 bits per heavy atom. The minimum absolute atomic E-state index is 0.0208. The Labute approximate surface area is 111 Å². The summed E-state index contributed by atoms with van der Waals surface area (Å²) in [6, 6.07) is 3.00. The zero-order chi connectivity index (χ0) is 13.3. The lowest BCUT2D eigenvalue weighted by Crippen LogP contribution is -2.29. The van der Waals surface area contributed by atoms with Gasteiger partial charge in [0, 0.05) is 25.1 Å². The van der Waals surface area contributed by atoms with Crippen molar-refractivity contribution >= 4 is 21.6 Å². The first-order valence-corrected chi connectivity index (χ1v) is 7.49. The number of nitrogens with two attached hydrogens (primary N) is 1. The standard InChI is InChI=1S/C11H15ClN2O3S/c1-7-4-8-5-9(6-10(12)11(8)17-7)18(15,16)14-3-2-13/h5-7,14H,2-4,13H2,1H3. The van der Waals surface area contributed by atoms with Gasteiger partial charge in [0.05, 0.1) is 9.92 Å². The van der Waals surface area contributed by atoms with Gasteiger partial charge < -0.3 is 10.5 Å². The summed E-state index contributed by atoms with van der Waals surface area (Å²) in [4.78, 5) is 0.150. The Balaban J connectivity index is 2.37. The third-order valence-electron chi connectivity index (χ3n) is 2.67. The highest BCUT2D eigenvalue weighted by Crippen LogP contribution is 2.37. The molecule has 0 aromatic heterocycles. The van der Waals surface area contributed by atoms with Crippen LogP contribution in [0.15, 0.2) is 17.0 Å². The van der Waals surface area contributed by atoms with Gasteiger partial charge in [0.15, 0.2) is 0 Å². The quantitative estimate of drug-likeness (QED) is 0.863. The van der Waals surface area contributed by atoms with Crippen LogP contribution >= 0.6 is 11.6 Å². The van der Waals surface area contributed by atoms with E-state index in [2.05, 4.69) is 4.72 Å². The molecular formula is C11H15ClN2O3S. The fourth-order valence-electron chi connectivity index (χ4n) is 1.89. The van der Waals surface area contributed by atoms with Gasteiger partial charge in [-0.1, -0.05) is 11.6 Å². The average Bonchev–Trinajstić information content (AvgIpc) is 2.67. The van der Waals surface area contributed by atoms with Crippen molar-refractivity contribution in [2.75, 3.05) is 13.1 Å². The summed E-state index contributed by atoms with van der Waals surface area (Å²) in [5.41, 5.74) is 6.10. The fraction of sp³-hybridized carbons (Fsp3) is 0.455. The molecule has 1 atom stereocenters. The van der Waals surface area contributed by atoms with Crippen molar-refractivity contribution in [3.8, 4) is 5.75 Å². The number of hydrogen-bond donors (Lipinski definition) is 2. The second-order valence-corrected chi connectivity index (χ2v) is 6.39. The molecule has 0 saturated carbocycles. The summed E-state index contributed by atoms with van der Waals surface area (Å²) < 4.78 is 31.8. The van der Waals surface area contributed by atoms with Crippen LogP contribution in [0.3, 0.4) is 0 Å². The fourth-order valence-corrected chi connectivity index (χ4v) is 3.36. The molecule has 5 nitrogen and oxygen atoms in total. The largest absolute Gasteiger partial charge is 0.489 e. The number of fused-ring (bicyclic) bond motifs is 1. The number of ether oxygens (including phenoxy) is 1. The van der Waals surface area contributed by atoms with E-state index in [4.69, 9.17) is 22.1 Å². The Bertz CT molecular complexity index is 560. The van der Waals surface area contributed by atoms with Crippen LogP contribution in [-0.2, 0) is 16.4 Å². The van der Waals surface area contributed by atoms with Crippen molar-refractivity contribution in [1.82, 2.24) is 4.72 Å². The third-order valence-corrected chi connectivity index (χ3v) is 4.39. The molecule has 1 aromatic rings. The molecule has 1 aromatic carbocycles. The van der Waals surface area contributed by atoms with Gasteiger partial charge in [0.25, 0.3) is 0 Å². The molecule has 0 fully saturated rings. The molecule has 0 spiro atoms. The highest BCUT2D eigenvalue weighted by Gasteiger charge is 2.25. The summed E-state index contributed by atoms with van der Waals surface area (Å²) in [7, 11) is -3.55. The number of nitrogens with one attached hydrogen (secondary N) is 1. The SMILES string of the molecule is CC1Cc2cc(S(=O)(=O)NCCN)cc(Cl)c2O1. The van der Waals surface area contributed by atoms with Gasteiger partial charge in [-0.3, -0.25) is 0 Å². The van der Waals surface area contributed by atoms with Crippen molar-refractivity contribution in [3.05, 3.63) is 22.7 Å². The van der Waals surface area contributed by atoms with E-state index in [-0.39, 0.29) is 24.1 Å². The first-order chi connectivity index (χ1) is 8.44. The van der Waals surface area contributed by atoms with Crippen molar-refractivity contribution in [3.63, 3.8) is 0 Å². The Morgan fingerprint density at radius 1 is 1.56 bits per heavy atom. The first kappa shape index (κ1) is 13.6. The number of sulfonamides is 1. The number of rotatable bonds is 4. The summed E-state index contributed by atoms with van der Waals surface area (Å²) in [6.07, 6.45) is 0.683. The molecule has 100 valence electrons. The van der Waals surface area contributed by atoms with Gasteiger partial charge in [0.1, 0.15) is 11.9 Å². The summed E-state index contributed by atoms with van der Waals surface area (Å²) in [6.45, 7) is 2.36. The van der Waals surface area contributed by atoms with Crippen LogP contribution in [0, 0.1) is 0 Å². The highest BCUT2D eigenvalue weighted by atomic mass is 35.5. The lowest BCUT2D eigenvalue weighted by molar-refractivity contribution is 0.255. The molecule has 0 amide bonds. The van der Waals surface area contributed by atoms with E-state index in [0.717, 1.165) is 5.56 Å². The van der Waals surface area contributed by atoms with Crippen LogP contribution in [0.1, 0.15) is 12.5 Å². The van der Waals surface area contributed by atoms with Crippen LogP contribution in [0.4, 0.5) is 0 Å². The first-order valence-electron chi connectivity index (χ1n) is 5.63. The minimum Gasteiger partial charge on any atom is -0.489 e. The molecule has 0 saturated heterocycles. The normalized spacial score (nSPS) is 18.5. The van der Waals surface area contributed by atoms with Crippen LogP contribution in [0.2, 0.25) is 5.02 Å². The van der Waals surface area contributed by atoms with E-state index in [1.165, 1.54) is 6.07 Å². The van der Waals surface area contributed by atoms with Crippen molar-refractivity contribution in [1.29, 1.82) is 0 Å². The van der Waals surface area contributed by atoms with Crippen LogP contribution < -0.4 is 15.2 Å². The van der Waals surface area contributed by atoms with Gasteiger partial charge in [-0.25, -0.2) is 13.1 Å². The topological polar surface area (TPSA) is 81.4 Å². The van der Waals surface area contributed by atoms with E-state index in [1.807, 2.05) is 6.92 Å². The zero-order valence-corrected chi connectivity index (χ0v) is 11.5. The second kappa shape index (κ2) is 5.05. The molecular weight excluding hydrogens is 276 g/mol. The summed E-state index contributed by atoms with van der Waals surface area (Å²) in [5, 5.41) is 0.324. The van der Waals surface area contributed by atoms with Crippen molar-refractivity contribution in [2.45, 2.75) is 24.3 Å². The molecule has 1 aliphatic heterocycles. The van der Waals surface area contributed by atoms with Crippen molar-refractivity contribution < 1.29 is 13.2 Å². The predicted molar refractivity (Wildman–Crippen MR) is 69.5 cm³/mol. The Hall–Kier alpha value is -0.820. The van der Waals surface area contributed by atoms with E-state index < -0.39 is 10.0 Å². The molecule has 0 aliphatic carbocycles.